The number of hydrogen-bond acceptors (Lipinski definition) is 3. The number of aromatic nitrogens is 2. The first kappa shape index (κ1) is 11.2. The van der Waals surface area contributed by atoms with Crippen molar-refractivity contribution in [2.45, 2.75) is 18.8 Å². The summed E-state index contributed by atoms with van der Waals surface area (Å²) in [6.45, 7) is 1.50. The third-order valence-electron chi connectivity index (χ3n) is 3.42. The van der Waals surface area contributed by atoms with Crippen LogP contribution < -0.4 is 0 Å². The summed E-state index contributed by atoms with van der Waals surface area (Å²) in [7, 11) is 0. The Hall–Kier alpha value is -1.88. The zero-order valence-corrected chi connectivity index (χ0v) is 9.87. The van der Waals surface area contributed by atoms with E-state index in [2.05, 4.69) is 4.98 Å². The Kier molecular flexibility index (Phi) is 2.76. The molecule has 0 saturated carbocycles. The molecule has 0 aliphatic carbocycles. The average Bonchev–Trinajstić information content (AvgIpc) is 2.83. The Morgan fingerprint density at radius 3 is 2.94 bits per heavy atom. The van der Waals surface area contributed by atoms with Crippen molar-refractivity contribution in [3.63, 3.8) is 0 Å². The van der Waals surface area contributed by atoms with Crippen LogP contribution in [0.3, 0.4) is 0 Å². The summed E-state index contributed by atoms with van der Waals surface area (Å²) in [4.78, 5) is 15.5. The molecule has 0 amide bonds. The number of rotatable bonds is 2. The first-order chi connectivity index (χ1) is 8.77. The van der Waals surface area contributed by atoms with E-state index in [1.807, 2.05) is 10.6 Å². The molecule has 3 heterocycles. The van der Waals surface area contributed by atoms with E-state index >= 15 is 0 Å². The second-order valence-corrected chi connectivity index (χ2v) is 4.49. The normalized spacial score (nSPS) is 17.1. The van der Waals surface area contributed by atoms with E-state index in [0.29, 0.717) is 17.0 Å². The summed E-state index contributed by atoms with van der Waals surface area (Å²) in [5.41, 5.74) is 0.954. The Bertz CT molecular complexity index is 585. The SMILES string of the molecule is O=C(O)c1cccn2c(C3CCOCC3)ncc12. The van der Waals surface area contributed by atoms with Gasteiger partial charge < -0.3 is 14.2 Å². The van der Waals surface area contributed by atoms with E-state index in [1.54, 1.807) is 18.3 Å². The van der Waals surface area contributed by atoms with Gasteiger partial charge in [0.25, 0.3) is 0 Å². The Balaban J connectivity index is 2.08. The summed E-state index contributed by atoms with van der Waals surface area (Å²) < 4.78 is 7.23. The highest BCUT2D eigenvalue weighted by Gasteiger charge is 2.21. The smallest absolute Gasteiger partial charge is 0.337 e. The molecule has 2 aromatic heterocycles. The number of carboxylic acids is 1. The fraction of sp³-hybridized carbons (Fsp3) is 0.385. The number of aromatic carboxylic acids is 1. The summed E-state index contributed by atoms with van der Waals surface area (Å²) >= 11 is 0. The zero-order valence-electron chi connectivity index (χ0n) is 9.87. The number of hydrogen-bond donors (Lipinski definition) is 1. The predicted octanol–water partition coefficient (Wildman–Crippen LogP) is 1.93. The second-order valence-electron chi connectivity index (χ2n) is 4.49. The van der Waals surface area contributed by atoms with Gasteiger partial charge in [-0.25, -0.2) is 9.78 Å². The minimum absolute atomic E-state index is 0.295. The van der Waals surface area contributed by atoms with E-state index in [0.717, 1.165) is 31.9 Å². The van der Waals surface area contributed by atoms with Gasteiger partial charge in [0, 0.05) is 25.3 Å². The Morgan fingerprint density at radius 1 is 1.44 bits per heavy atom. The third kappa shape index (κ3) is 1.76. The fourth-order valence-corrected chi connectivity index (χ4v) is 2.48. The molecule has 1 saturated heterocycles. The largest absolute Gasteiger partial charge is 0.478 e. The fourth-order valence-electron chi connectivity index (χ4n) is 2.48. The van der Waals surface area contributed by atoms with Gasteiger partial charge in [0.1, 0.15) is 5.82 Å². The van der Waals surface area contributed by atoms with E-state index in [-0.39, 0.29) is 0 Å². The molecule has 1 aliphatic heterocycles. The lowest BCUT2D eigenvalue weighted by Gasteiger charge is -2.21. The quantitative estimate of drug-likeness (QED) is 0.879. The van der Waals surface area contributed by atoms with Gasteiger partial charge in [0.05, 0.1) is 17.3 Å². The molecule has 0 atom stereocenters. The molecule has 1 aliphatic rings. The molecule has 1 N–H and O–H groups in total. The lowest BCUT2D eigenvalue weighted by Crippen LogP contribution is -2.16. The first-order valence-electron chi connectivity index (χ1n) is 6.04. The van der Waals surface area contributed by atoms with Crippen molar-refractivity contribution < 1.29 is 14.6 Å². The summed E-state index contributed by atoms with van der Waals surface area (Å²) in [5.74, 6) is 0.376. The number of imidazole rings is 1. The number of ether oxygens (including phenoxy) is 1. The number of nitrogens with zero attached hydrogens (tertiary/aromatic N) is 2. The van der Waals surface area contributed by atoms with Crippen LogP contribution in [0.1, 0.15) is 34.9 Å². The maximum Gasteiger partial charge on any atom is 0.337 e. The molecule has 5 heteroatoms. The van der Waals surface area contributed by atoms with Gasteiger partial charge in [-0.2, -0.15) is 0 Å². The highest BCUT2D eigenvalue weighted by atomic mass is 16.5. The Labute approximate surface area is 104 Å². The van der Waals surface area contributed by atoms with Gasteiger partial charge in [-0.3, -0.25) is 0 Å². The minimum Gasteiger partial charge on any atom is -0.478 e. The van der Waals surface area contributed by atoms with Gasteiger partial charge in [0.2, 0.25) is 0 Å². The third-order valence-corrected chi connectivity index (χ3v) is 3.42. The van der Waals surface area contributed by atoms with Crippen LogP contribution in [0.25, 0.3) is 5.52 Å². The van der Waals surface area contributed by atoms with Gasteiger partial charge in [0.15, 0.2) is 0 Å². The van der Waals surface area contributed by atoms with Crippen LogP contribution in [-0.2, 0) is 4.74 Å². The molecule has 0 radical (unpaired) electrons. The standard InChI is InChI=1S/C13H14N2O3/c16-13(17)10-2-1-5-15-11(10)8-14-12(15)9-3-6-18-7-4-9/h1-2,5,8-9H,3-4,6-7H2,(H,16,17). The van der Waals surface area contributed by atoms with Crippen molar-refractivity contribution in [2.75, 3.05) is 13.2 Å². The van der Waals surface area contributed by atoms with Crippen molar-refractivity contribution in [2.24, 2.45) is 0 Å². The van der Waals surface area contributed by atoms with Gasteiger partial charge >= 0.3 is 5.97 Å². The Morgan fingerprint density at radius 2 is 2.22 bits per heavy atom. The zero-order chi connectivity index (χ0) is 12.5. The lowest BCUT2D eigenvalue weighted by atomic mass is 9.99. The van der Waals surface area contributed by atoms with E-state index in [9.17, 15) is 4.79 Å². The maximum atomic E-state index is 11.1. The van der Waals surface area contributed by atoms with Crippen molar-refractivity contribution in [3.8, 4) is 0 Å². The van der Waals surface area contributed by atoms with Crippen LogP contribution in [0.4, 0.5) is 0 Å². The molecular weight excluding hydrogens is 232 g/mol. The van der Waals surface area contributed by atoms with Crippen LogP contribution in [0.5, 0.6) is 0 Å². The molecule has 3 rings (SSSR count). The number of pyridine rings is 1. The number of carboxylic acid groups (broad SMARTS) is 1. The molecular formula is C13H14N2O3. The number of fused-ring (bicyclic) bond motifs is 1. The van der Waals surface area contributed by atoms with Crippen LogP contribution in [0.15, 0.2) is 24.5 Å². The van der Waals surface area contributed by atoms with Gasteiger partial charge in [-0.15, -0.1) is 0 Å². The molecule has 1 fully saturated rings. The lowest BCUT2D eigenvalue weighted by molar-refractivity contribution is 0.0698. The molecule has 18 heavy (non-hydrogen) atoms. The number of carbonyl (C=O) groups is 1. The topological polar surface area (TPSA) is 63.8 Å². The highest BCUT2D eigenvalue weighted by molar-refractivity contribution is 5.95. The maximum absolute atomic E-state index is 11.1. The van der Waals surface area contributed by atoms with E-state index < -0.39 is 5.97 Å². The molecule has 94 valence electrons. The predicted molar refractivity (Wildman–Crippen MR) is 64.9 cm³/mol. The molecule has 2 aromatic rings. The average molecular weight is 246 g/mol. The van der Waals surface area contributed by atoms with Crippen molar-refractivity contribution in [3.05, 3.63) is 35.9 Å². The molecule has 0 bridgehead atoms. The monoisotopic (exact) mass is 246 g/mol. The van der Waals surface area contributed by atoms with E-state index in [1.165, 1.54) is 0 Å². The summed E-state index contributed by atoms with van der Waals surface area (Å²) in [6, 6.07) is 3.36. The summed E-state index contributed by atoms with van der Waals surface area (Å²) in [6.07, 6.45) is 5.40. The van der Waals surface area contributed by atoms with Crippen LogP contribution >= 0.6 is 0 Å². The molecule has 5 nitrogen and oxygen atoms in total. The molecule has 0 unspecified atom stereocenters. The van der Waals surface area contributed by atoms with Crippen molar-refractivity contribution in [1.82, 2.24) is 9.38 Å². The van der Waals surface area contributed by atoms with Gasteiger partial charge in [-0.1, -0.05) is 0 Å². The second kappa shape index (κ2) is 4.42. The van der Waals surface area contributed by atoms with Gasteiger partial charge in [-0.05, 0) is 25.0 Å². The van der Waals surface area contributed by atoms with Crippen LogP contribution in [0.2, 0.25) is 0 Å². The first-order valence-corrected chi connectivity index (χ1v) is 6.04. The molecule has 0 aromatic carbocycles. The van der Waals surface area contributed by atoms with Crippen molar-refractivity contribution in [1.29, 1.82) is 0 Å². The van der Waals surface area contributed by atoms with Crippen LogP contribution in [0, 0.1) is 0 Å². The minimum atomic E-state index is -0.918. The molecule has 0 spiro atoms. The highest BCUT2D eigenvalue weighted by Crippen LogP contribution is 2.27. The summed E-state index contributed by atoms with van der Waals surface area (Å²) in [5, 5.41) is 9.14. The van der Waals surface area contributed by atoms with Crippen LogP contribution in [-0.4, -0.2) is 33.7 Å². The van der Waals surface area contributed by atoms with E-state index in [4.69, 9.17) is 9.84 Å². The van der Waals surface area contributed by atoms with Crippen molar-refractivity contribution >= 4 is 11.5 Å².